The Morgan fingerprint density at radius 3 is 2.28 bits per heavy atom. The number of hydrogen-bond donors (Lipinski definition) is 0. The van der Waals surface area contributed by atoms with Crippen LogP contribution in [0.2, 0.25) is 19.6 Å². The lowest BCUT2D eigenvalue weighted by atomic mass is 10.1. The van der Waals surface area contributed by atoms with Gasteiger partial charge >= 0.3 is 0 Å². The fourth-order valence-electron chi connectivity index (χ4n) is 1.55. The maximum atomic E-state index is 9.25. The molecule has 18 heavy (non-hydrogen) atoms. The molecule has 0 aliphatic heterocycles. The maximum Gasteiger partial charge on any atom is 0.186 e. The monoisotopic (exact) mass is 265 g/mol. The molecule has 0 saturated heterocycles. The van der Waals surface area contributed by atoms with Crippen molar-refractivity contribution in [2.24, 2.45) is 0 Å². The summed E-state index contributed by atoms with van der Waals surface area (Å²) in [5.74, 6) is 1.31. The van der Waals surface area contributed by atoms with Crippen molar-refractivity contribution in [2.75, 3.05) is 14.2 Å². The van der Waals surface area contributed by atoms with E-state index in [0.717, 1.165) is 5.56 Å². The molecule has 98 valence electrons. The molecule has 0 N–H and O–H groups in total. The maximum absolute atomic E-state index is 9.25. The quantitative estimate of drug-likeness (QED) is 0.768. The first kappa shape index (κ1) is 14.5. The third-order valence-electron chi connectivity index (χ3n) is 2.31. The first-order valence-corrected chi connectivity index (χ1v) is 9.11. The number of hydrogen-bond acceptors (Lipinski definition) is 4. The predicted octanol–water partition coefficient (Wildman–Crippen LogP) is 3.12. The molecule has 0 unspecified atom stereocenters. The fourth-order valence-corrected chi connectivity index (χ4v) is 2.43. The van der Waals surface area contributed by atoms with Gasteiger partial charge in [-0.15, -0.1) is 0 Å². The second-order valence-electron chi connectivity index (χ2n) is 4.85. The molecule has 1 aromatic carbocycles. The van der Waals surface area contributed by atoms with Gasteiger partial charge in [-0.2, -0.15) is 5.26 Å². The molecule has 0 heterocycles. The van der Waals surface area contributed by atoms with Crippen LogP contribution in [0.5, 0.6) is 11.5 Å². The highest BCUT2D eigenvalue weighted by Crippen LogP contribution is 2.32. The highest BCUT2D eigenvalue weighted by atomic mass is 28.4. The molecule has 0 spiro atoms. The first-order chi connectivity index (χ1) is 8.41. The van der Waals surface area contributed by atoms with Gasteiger partial charge in [0.1, 0.15) is 11.5 Å². The van der Waals surface area contributed by atoms with Crippen molar-refractivity contribution in [3.05, 3.63) is 23.8 Å². The van der Waals surface area contributed by atoms with Crippen LogP contribution in [0.4, 0.5) is 0 Å². The Kier molecular flexibility index (Phi) is 4.76. The molecule has 0 amide bonds. The summed E-state index contributed by atoms with van der Waals surface area (Å²) in [6, 6.07) is 7.55. The summed E-state index contributed by atoms with van der Waals surface area (Å²) in [5, 5.41) is 9.25. The molecule has 0 aliphatic rings. The van der Waals surface area contributed by atoms with Gasteiger partial charge < -0.3 is 13.9 Å². The lowest BCUT2D eigenvalue weighted by Gasteiger charge is -2.23. The van der Waals surface area contributed by atoms with Crippen LogP contribution in [0.1, 0.15) is 11.7 Å². The summed E-state index contributed by atoms with van der Waals surface area (Å²) in [6.45, 7) is 6.15. The third kappa shape index (κ3) is 3.76. The number of methoxy groups -OCH3 is 2. The summed E-state index contributed by atoms with van der Waals surface area (Å²) in [6.07, 6.45) is -0.600. The summed E-state index contributed by atoms with van der Waals surface area (Å²) < 4.78 is 16.3. The van der Waals surface area contributed by atoms with E-state index >= 15 is 0 Å². The van der Waals surface area contributed by atoms with Gasteiger partial charge in [0.05, 0.1) is 20.3 Å². The Morgan fingerprint density at radius 2 is 1.83 bits per heavy atom. The largest absolute Gasteiger partial charge is 0.497 e. The highest BCUT2D eigenvalue weighted by Gasteiger charge is 2.24. The van der Waals surface area contributed by atoms with E-state index in [2.05, 4.69) is 6.07 Å². The third-order valence-corrected chi connectivity index (χ3v) is 3.25. The van der Waals surface area contributed by atoms with Crippen molar-refractivity contribution in [3.8, 4) is 17.6 Å². The molecule has 1 atom stereocenters. The van der Waals surface area contributed by atoms with Crippen LogP contribution in [0.25, 0.3) is 0 Å². The molecule has 0 bridgehead atoms. The SMILES string of the molecule is COc1ccc([C@@H](C#N)O[Si](C)(C)C)c(OC)c1. The second-order valence-corrected chi connectivity index (χ2v) is 9.31. The fraction of sp³-hybridized carbons (Fsp3) is 0.462. The number of benzene rings is 1. The first-order valence-electron chi connectivity index (χ1n) is 5.70. The highest BCUT2D eigenvalue weighted by molar-refractivity contribution is 6.69. The Hall–Kier alpha value is -1.51. The van der Waals surface area contributed by atoms with E-state index in [4.69, 9.17) is 13.9 Å². The molecule has 0 radical (unpaired) electrons. The Labute approximate surface area is 109 Å². The van der Waals surface area contributed by atoms with E-state index in [1.54, 1.807) is 26.4 Å². The van der Waals surface area contributed by atoms with Crippen molar-refractivity contribution in [1.29, 1.82) is 5.26 Å². The van der Waals surface area contributed by atoms with Crippen molar-refractivity contribution in [1.82, 2.24) is 0 Å². The molecular weight excluding hydrogens is 246 g/mol. The van der Waals surface area contributed by atoms with E-state index in [0.29, 0.717) is 11.5 Å². The van der Waals surface area contributed by atoms with Gasteiger partial charge in [-0.05, 0) is 31.8 Å². The van der Waals surface area contributed by atoms with Crippen LogP contribution in [0, 0.1) is 11.3 Å². The average molecular weight is 265 g/mol. The number of ether oxygens (including phenoxy) is 2. The molecule has 0 saturated carbocycles. The zero-order valence-corrected chi connectivity index (χ0v) is 12.5. The van der Waals surface area contributed by atoms with Crippen LogP contribution >= 0.6 is 0 Å². The van der Waals surface area contributed by atoms with Crippen molar-refractivity contribution < 1.29 is 13.9 Å². The van der Waals surface area contributed by atoms with Crippen LogP contribution in [0.3, 0.4) is 0 Å². The molecule has 5 heteroatoms. The molecule has 0 fully saturated rings. The lowest BCUT2D eigenvalue weighted by Crippen LogP contribution is -2.27. The van der Waals surface area contributed by atoms with Crippen LogP contribution in [-0.4, -0.2) is 22.5 Å². The van der Waals surface area contributed by atoms with E-state index in [1.165, 1.54) is 0 Å². The van der Waals surface area contributed by atoms with Crippen LogP contribution in [0.15, 0.2) is 18.2 Å². The smallest absolute Gasteiger partial charge is 0.186 e. The minimum atomic E-state index is -1.79. The van der Waals surface area contributed by atoms with Crippen LogP contribution < -0.4 is 9.47 Å². The van der Waals surface area contributed by atoms with Gasteiger partial charge in [-0.3, -0.25) is 0 Å². The summed E-state index contributed by atoms with van der Waals surface area (Å²) in [5.41, 5.74) is 0.739. The van der Waals surface area contributed by atoms with Crippen molar-refractivity contribution in [2.45, 2.75) is 25.7 Å². The topological polar surface area (TPSA) is 51.5 Å². The second kappa shape index (κ2) is 5.89. The minimum Gasteiger partial charge on any atom is -0.497 e. The number of nitrogens with zero attached hydrogens (tertiary/aromatic N) is 1. The van der Waals surface area contributed by atoms with Gasteiger partial charge in [0.25, 0.3) is 0 Å². The summed E-state index contributed by atoms with van der Waals surface area (Å²) in [7, 11) is 1.37. The average Bonchev–Trinajstić information content (AvgIpc) is 2.34. The van der Waals surface area contributed by atoms with E-state index in [-0.39, 0.29) is 0 Å². The van der Waals surface area contributed by atoms with Gasteiger partial charge in [0, 0.05) is 11.6 Å². The molecule has 1 rings (SSSR count). The van der Waals surface area contributed by atoms with Crippen LogP contribution in [-0.2, 0) is 4.43 Å². The van der Waals surface area contributed by atoms with Gasteiger partial charge in [-0.25, -0.2) is 0 Å². The van der Waals surface area contributed by atoms with Gasteiger partial charge in [0.2, 0.25) is 0 Å². The van der Waals surface area contributed by atoms with Crippen molar-refractivity contribution >= 4 is 8.32 Å². The zero-order valence-electron chi connectivity index (χ0n) is 11.5. The molecule has 0 aromatic heterocycles. The normalized spacial score (nSPS) is 12.7. The molecule has 0 aliphatic carbocycles. The predicted molar refractivity (Wildman–Crippen MR) is 72.3 cm³/mol. The van der Waals surface area contributed by atoms with Gasteiger partial charge in [0.15, 0.2) is 14.4 Å². The van der Waals surface area contributed by atoms with Gasteiger partial charge in [-0.1, -0.05) is 0 Å². The number of rotatable bonds is 5. The van der Waals surface area contributed by atoms with E-state index in [9.17, 15) is 5.26 Å². The Balaban J connectivity index is 3.10. The minimum absolute atomic E-state index is 0.600. The standard InChI is InChI=1S/C13H19NO3Si/c1-15-10-6-7-11(12(8-10)16-2)13(9-14)17-18(3,4)5/h6-8,13H,1-5H3/t13-/m1/s1. The molecule has 4 nitrogen and oxygen atoms in total. The van der Waals surface area contributed by atoms with E-state index in [1.807, 2.05) is 25.7 Å². The van der Waals surface area contributed by atoms with E-state index < -0.39 is 14.4 Å². The zero-order chi connectivity index (χ0) is 13.8. The summed E-state index contributed by atoms with van der Waals surface area (Å²) >= 11 is 0. The summed E-state index contributed by atoms with van der Waals surface area (Å²) in [4.78, 5) is 0. The Morgan fingerprint density at radius 1 is 1.17 bits per heavy atom. The molecule has 1 aromatic rings. The number of nitriles is 1. The Bertz CT molecular complexity index is 449. The lowest BCUT2D eigenvalue weighted by molar-refractivity contribution is 0.248. The van der Waals surface area contributed by atoms with Crippen molar-refractivity contribution in [3.63, 3.8) is 0 Å². The molecular formula is C13H19NO3Si.